The maximum atomic E-state index is 14.5. The van der Waals surface area contributed by atoms with E-state index >= 15 is 0 Å². The highest BCUT2D eigenvalue weighted by Crippen LogP contribution is 2.39. The highest BCUT2D eigenvalue weighted by atomic mass is 35.5. The van der Waals surface area contributed by atoms with E-state index in [0.29, 0.717) is 4.68 Å². The summed E-state index contributed by atoms with van der Waals surface area (Å²) in [5, 5.41) is 6.46. The molecule has 1 unspecified atom stereocenters. The Hall–Kier alpha value is -3.20. The minimum atomic E-state index is -4.84. The Bertz CT molecular complexity index is 1140. The van der Waals surface area contributed by atoms with Gasteiger partial charge in [-0.2, -0.15) is 18.3 Å². The van der Waals surface area contributed by atoms with Gasteiger partial charge in [-0.15, -0.1) is 18.2 Å². The van der Waals surface area contributed by atoms with Crippen molar-refractivity contribution >= 4 is 17.2 Å². The van der Waals surface area contributed by atoms with Gasteiger partial charge >= 0.3 is 6.18 Å². The molecule has 0 aliphatic heterocycles. The van der Waals surface area contributed by atoms with Crippen LogP contribution in [0.15, 0.2) is 71.7 Å². The number of hydrogen-bond acceptors (Lipinski definition) is 3. The van der Waals surface area contributed by atoms with Crippen LogP contribution >= 0.6 is 11.6 Å². The molecule has 0 aliphatic carbocycles. The third-order valence-electron chi connectivity index (χ3n) is 4.21. The molecule has 2 heterocycles. The molecule has 0 bridgehead atoms. The summed E-state index contributed by atoms with van der Waals surface area (Å²) in [6.07, 6.45) is -0.0815. The SMILES string of the molecule is C=CC(Cl)/C(=C(F)\C=C/C)c1cc(-c2cnn(-c3ccc(F)cc3)c2C(F)(F)F)on1. The van der Waals surface area contributed by atoms with E-state index in [4.69, 9.17) is 16.1 Å². The van der Waals surface area contributed by atoms with Crippen molar-refractivity contribution in [2.24, 2.45) is 0 Å². The fourth-order valence-corrected chi connectivity index (χ4v) is 3.07. The predicted molar refractivity (Wildman–Crippen MR) is 107 cm³/mol. The Morgan fingerprint density at radius 1 is 1.26 bits per heavy atom. The van der Waals surface area contributed by atoms with Gasteiger partial charge in [0.15, 0.2) is 11.5 Å². The molecular formula is C21H15ClF5N3O. The van der Waals surface area contributed by atoms with E-state index in [1.807, 2.05) is 0 Å². The van der Waals surface area contributed by atoms with Crippen LogP contribution in [0.5, 0.6) is 0 Å². The van der Waals surface area contributed by atoms with Crippen LogP contribution in [0.3, 0.4) is 0 Å². The summed E-state index contributed by atoms with van der Waals surface area (Å²) in [6, 6.07) is 5.48. The highest BCUT2D eigenvalue weighted by molar-refractivity contribution is 6.27. The number of benzene rings is 1. The Labute approximate surface area is 178 Å². The molecule has 0 saturated heterocycles. The average Bonchev–Trinajstić information content (AvgIpc) is 3.36. The van der Waals surface area contributed by atoms with E-state index in [1.54, 1.807) is 6.92 Å². The highest BCUT2D eigenvalue weighted by Gasteiger charge is 2.40. The van der Waals surface area contributed by atoms with Crippen LogP contribution in [-0.2, 0) is 6.18 Å². The number of halogens is 6. The lowest BCUT2D eigenvalue weighted by molar-refractivity contribution is -0.142. The van der Waals surface area contributed by atoms with Crippen LogP contribution < -0.4 is 0 Å². The maximum absolute atomic E-state index is 14.5. The van der Waals surface area contributed by atoms with E-state index < -0.39 is 34.5 Å². The molecule has 0 aliphatic rings. The molecule has 0 saturated carbocycles. The van der Waals surface area contributed by atoms with Crippen molar-refractivity contribution in [1.29, 1.82) is 0 Å². The third-order valence-corrected chi connectivity index (χ3v) is 4.61. The van der Waals surface area contributed by atoms with Crippen molar-refractivity contribution < 1.29 is 26.5 Å². The molecule has 1 atom stereocenters. The molecule has 4 nitrogen and oxygen atoms in total. The van der Waals surface area contributed by atoms with Crippen LogP contribution in [-0.4, -0.2) is 20.3 Å². The van der Waals surface area contributed by atoms with Crippen LogP contribution in [0.2, 0.25) is 0 Å². The zero-order chi connectivity index (χ0) is 22.8. The molecule has 0 N–H and O–H groups in total. The van der Waals surface area contributed by atoms with Gasteiger partial charge in [0.2, 0.25) is 0 Å². The lowest BCUT2D eigenvalue weighted by atomic mass is 10.1. The lowest BCUT2D eigenvalue weighted by Gasteiger charge is -2.11. The molecule has 31 heavy (non-hydrogen) atoms. The van der Waals surface area contributed by atoms with Crippen molar-refractivity contribution in [3.05, 3.63) is 84.4 Å². The van der Waals surface area contributed by atoms with Gasteiger partial charge in [-0.25, -0.2) is 13.5 Å². The second-order valence-corrected chi connectivity index (χ2v) is 6.74. The number of nitrogens with zero attached hydrogens (tertiary/aromatic N) is 3. The van der Waals surface area contributed by atoms with Gasteiger partial charge in [0.05, 0.1) is 22.8 Å². The van der Waals surface area contributed by atoms with Crippen LogP contribution in [0.4, 0.5) is 22.0 Å². The lowest BCUT2D eigenvalue weighted by Crippen LogP contribution is -2.14. The second-order valence-electron chi connectivity index (χ2n) is 6.27. The second kappa shape index (κ2) is 8.89. The standard InChI is InChI=1S/C21H15ClF5N3O/c1-3-5-16(24)19(15(22)4-2)17-10-18(31-29-17)14-11-28-30(20(14)21(25,26)27)13-8-6-12(23)7-9-13/h3-11,15H,2H2,1H3/b5-3-,19-16-. The first kappa shape index (κ1) is 22.5. The molecule has 0 fully saturated rings. The molecule has 0 radical (unpaired) electrons. The fourth-order valence-electron chi connectivity index (χ4n) is 2.86. The monoisotopic (exact) mass is 455 g/mol. The Morgan fingerprint density at radius 2 is 1.94 bits per heavy atom. The molecule has 3 aromatic rings. The molecule has 1 aromatic carbocycles. The minimum absolute atomic E-state index is 0.00749. The topological polar surface area (TPSA) is 43.9 Å². The van der Waals surface area contributed by atoms with Crippen molar-refractivity contribution in [3.63, 3.8) is 0 Å². The quantitative estimate of drug-likeness (QED) is 0.179. The molecule has 3 rings (SSSR count). The minimum Gasteiger partial charge on any atom is -0.356 e. The summed E-state index contributed by atoms with van der Waals surface area (Å²) >= 11 is 6.09. The van der Waals surface area contributed by atoms with E-state index in [1.165, 1.54) is 12.2 Å². The summed E-state index contributed by atoms with van der Waals surface area (Å²) in [7, 11) is 0. The van der Waals surface area contributed by atoms with Gasteiger partial charge in [-0.1, -0.05) is 17.3 Å². The van der Waals surface area contributed by atoms with Gasteiger partial charge in [-0.05, 0) is 37.3 Å². The number of rotatable bonds is 6. The van der Waals surface area contributed by atoms with Crippen molar-refractivity contribution in [1.82, 2.24) is 14.9 Å². The van der Waals surface area contributed by atoms with Crippen LogP contribution in [0.1, 0.15) is 18.3 Å². The van der Waals surface area contributed by atoms with Crippen molar-refractivity contribution in [2.75, 3.05) is 0 Å². The average molecular weight is 456 g/mol. The zero-order valence-electron chi connectivity index (χ0n) is 16.0. The van der Waals surface area contributed by atoms with E-state index in [2.05, 4.69) is 16.8 Å². The van der Waals surface area contributed by atoms with Gasteiger partial charge in [0.1, 0.15) is 17.3 Å². The smallest absolute Gasteiger partial charge is 0.356 e. The first-order valence-electron chi connectivity index (χ1n) is 8.85. The van der Waals surface area contributed by atoms with Gasteiger partial charge in [-0.3, -0.25) is 0 Å². The summed E-state index contributed by atoms with van der Waals surface area (Å²) in [5.41, 5.74) is -1.79. The Balaban J connectivity index is 2.15. The molecule has 0 amide bonds. The van der Waals surface area contributed by atoms with Gasteiger partial charge in [0.25, 0.3) is 0 Å². The number of aromatic nitrogens is 3. The van der Waals surface area contributed by atoms with Crippen LogP contribution in [0.25, 0.3) is 22.6 Å². The summed E-state index contributed by atoms with van der Waals surface area (Å²) in [4.78, 5) is 0. The summed E-state index contributed by atoms with van der Waals surface area (Å²) < 4.78 is 74.9. The van der Waals surface area contributed by atoms with Crippen molar-refractivity contribution in [3.8, 4) is 17.0 Å². The van der Waals surface area contributed by atoms with Gasteiger partial charge in [0, 0.05) is 11.6 Å². The number of hydrogen-bond donors (Lipinski definition) is 0. The predicted octanol–water partition coefficient (Wildman–Crippen LogP) is 6.74. The normalized spacial score (nSPS) is 14.0. The molecule has 162 valence electrons. The van der Waals surface area contributed by atoms with E-state index in [0.717, 1.165) is 42.6 Å². The molecule has 0 spiro atoms. The molecular weight excluding hydrogens is 441 g/mol. The van der Waals surface area contributed by atoms with Gasteiger partial charge < -0.3 is 4.52 Å². The third kappa shape index (κ3) is 4.61. The summed E-state index contributed by atoms with van der Waals surface area (Å²) in [6.45, 7) is 5.09. The fraction of sp³-hybridized carbons (Fsp3) is 0.143. The number of alkyl halides is 4. The number of allylic oxidation sites excluding steroid dienone is 5. The Morgan fingerprint density at radius 3 is 2.52 bits per heavy atom. The van der Waals surface area contributed by atoms with E-state index in [-0.39, 0.29) is 22.7 Å². The van der Waals surface area contributed by atoms with Crippen molar-refractivity contribution in [2.45, 2.75) is 18.5 Å². The molecule has 2 aromatic heterocycles. The van der Waals surface area contributed by atoms with E-state index in [9.17, 15) is 22.0 Å². The summed E-state index contributed by atoms with van der Waals surface area (Å²) in [5.74, 6) is -1.64. The first-order valence-corrected chi connectivity index (χ1v) is 9.28. The van der Waals surface area contributed by atoms with Crippen LogP contribution in [0, 0.1) is 5.82 Å². The zero-order valence-corrected chi connectivity index (χ0v) is 16.8. The first-order chi connectivity index (χ1) is 14.7. The Kier molecular flexibility index (Phi) is 6.45. The molecule has 10 heteroatoms. The largest absolute Gasteiger partial charge is 0.434 e. The maximum Gasteiger partial charge on any atom is 0.434 e.